The zero-order valence-corrected chi connectivity index (χ0v) is 15.4. The summed E-state index contributed by atoms with van der Waals surface area (Å²) in [5, 5.41) is 12.9. The molecule has 140 valence electrons. The number of ether oxygens (including phenoxy) is 1. The maximum atomic E-state index is 12.3. The number of hydrogen-bond donors (Lipinski definition) is 3. The fourth-order valence-corrected chi connectivity index (χ4v) is 3.24. The Hall–Kier alpha value is -2.41. The summed E-state index contributed by atoms with van der Waals surface area (Å²) in [7, 11) is 0. The Morgan fingerprint density at radius 3 is 2.62 bits per heavy atom. The van der Waals surface area contributed by atoms with Gasteiger partial charge in [-0.3, -0.25) is 5.10 Å². The van der Waals surface area contributed by atoms with Crippen LogP contribution in [0.5, 0.6) is 0 Å². The summed E-state index contributed by atoms with van der Waals surface area (Å²) >= 11 is 0. The summed E-state index contributed by atoms with van der Waals surface area (Å²) in [6.45, 7) is 6.41. The molecule has 0 saturated carbocycles. The normalized spacial score (nSPS) is 16.4. The van der Waals surface area contributed by atoms with Crippen molar-refractivity contribution in [3.8, 4) is 0 Å². The monoisotopic (exact) mass is 357 g/mol. The molecule has 1 aliphatic rings. The van der Waals surface area contributed by atoms with E-state index in [0.717, 1.165) is 18.7 Å². The summed E-state index contributed by atoms with van der Waals surface area (Å²) in [5.74, 6) is 1.67. The predicted molar refractivity (Wildman–Crippen MR) is 98.9 cm³/mol. The molecule has 7 heteroatoms. The second-order valence-electron chi connectivity index (χ2n) is 7.09. The van der Waals surface area contributed by atoms with Crippen LogP contribution in [0.2, 0.25) is 0 Å². The van der Waals surface area contributed by atoms with Crippen LogP contribution in [0.1, 0.15) is 49.8 Å². The molecule has 3 N–H and O–H groups in total. The molecule has 0 unspecified atom stereocenters. The fraction of sp³-hybridized carbons (Fsp3) is 0.526. The topological polar surface area (TPSA) is 91.9 Å². The highest BCUT2D eigenvalue weighted by atomic mass is 16.5. The van der Waals surface area contributed by atoms with Gasteiger partial charge in [-0.05, 0) is 18.4 Å². The van der Waals surface area contributed by atoms with Gasteiger partial charge in [0.15, 0.2) is 5.82 Å². The van der Waals surface area contributed by atoms with Gasteiger partial charge in [0, 0.05) is 31.1 Å². The lowest BCUT2D eigenvalue weighted by atomic mass is 9.74. The molecule has 1 aromatic heterocycles. The van der Waals surface area contributed by atoms with E-state index in [-0.39, 0.29) is 17.4 Å². The van der Waals surface area contributed by atoms with Gasteiger partial charge in [-0.2, -0.15) is 5.10 Å². The number of nitrogens with one attached hydrogen (secondary N) is 3. The van der Waals surface area contributed by atoms with Gasteiger partial charge in [0.2, 0.25) is 0 Å². The first kappa shape index (κ1) is 18.4. The number of nitrogens with zero attached hydrogens (tertiary/aromatic N) is 2. The third-order valence-electron chi connectivity index (χ3n) is 4.91. The Bertz CT molecular complexity index is 708. The number of carbonyl (C=O) groups is 1. The Kier molecular flexibility index (Phi) is 5.88. The molecular formula is C19H27N5O2. The molecule has 2 heterocycles. The summed E-state index contributed by atoms with van der Waals surface area (Å²) < 4.78 is 5.53. The molecule has 1 fully saturated rings. The summed E-state index contributed by atoms with van der Waals surface area (Å²) in [5.41, 5.74) is 1.17. The minimum absolute atomic E-state index is 0.0755. The average molecular weight is 357 g/mol. The SMILES string of the molecule is CC(C)c1n[nH]c(CNC(=O)NCC2(c3ccccc3)CCOCC2)n1. The average Bonchev–Trinajstić information content (AvgIpc) is 3.16. The summed E-state index contributed by atoms with van der Waals surface area (Å²) in [6, 6.07) is 10.2. The van der Waals surface area contributed by atoms with Gasteiger partial charge < -0.3 is 15.4 Å². The van der Waals surface area contributed by atoms with Crippen LogP contribution >= 0.6 is 0 Å². The van der Waals surface area contributed by atoms with E-state index in [1.807, 2.05) is 32.0 Å². The second-order valence-corrected chi connectivity index (χ2v) is 7.09. The number of amides is 2. The number of rotatable bonds is 6. The predicted octanol–water partition coefficient (Wildman–Crippen LogP) is 2.48. The van der Waals surface area contributed by atoms with Crippen molar-refractivity contribution < 1.29 is 9.53 Å². The van der Waals surface area contributed by atoms with E-state index in [1.165, 1.54) is 5.56 Å². The molecule has 1 saturated heterocycles. The van der Waals surface area contributed by atoms with Crippen LogP contribution in [0.15, 0.2) is 30.3 Å². The van der Waals surface area contributed by atoms with Crippen LogP contribution in [0.25, 0.3) is 0 Å². The Morgan fingerprint density at radius 1 is 1.23 bits per heavy atom. The molecule has 2 aromatic rings. The van der Waals surface area contributed by atoms with Crippen LogP contribution in [-0.4, -0.2) is 41.0 Å². The van der Waals surface area contributed by atoms with Gasteiger partial charge >= 0.3 is 6.03 Å². The van der Waals surface area contributed by atoms with Crippen LogP contribution < -0.4 is 10.6 Å². The van der Waals surface area contributed by atoms with Crippen molar-refractivity contribution in [2.75, 3.05) is 19.8 Å². The molecule has 0 radical (unpaired) electrons. The largest absolute Gasteiger partial charge is 0.381 e. The number of urea groups is 1. The molecule has 26 heavy (non-hydrogen) atoms. The molecule has 7 nitrogen and oxygen atoms in total. The lowest BCUT2D eigenvalue weighted by Gasteiger charge is -2.37. The molecule has 0 atom stereocenters. The highest BCUT2D eigenvalue weighted by molar-refractivity contribution is 5.73. The van der Waals surface area contributed by atoms with Gasteiger partial charge in [0.25, 0.3) is 0 Å². The van der Waals surface area contributed by atoms with Crippen LogP contribution in [0.4, 0.5) is 4.79 Å². The fourth-order valence-electron chi connectivity index (χ4n) is 3.24. The van der Waals surface area contributed by atoms with Crippen LogP contribution in [0, 0.1) is 0 Å². The van der Waals surface area contributed by atoms with Crippen molar-refractivity contribution in [2.24, 2.45) is 0 Å². The number of H-pyrrole nitrogens is 1. The molecule has 0 spiro atoms. The first-order chi connectivity index (χ1) is 12.6. The Balaban J connectivity index is 1.56. The number of aromatic amines is 1. The number of hydrogen-bond acceptors (Lipinski definition) is 4. The zero-order chi connectivity index (χ0) is 18.4. The van der Waals surface area contributed by atoms with Crippen molar-refractivity contribution in [1.29, 1.82) is 0 Å². The van der Waals surface area contributed by atoms with Gasteiger partial charge in [-0.1, -0.05) is 44.2 Å². The minimum atomic E-state index is -0.200. The summed E-state index contributed by atoms with van der Waals surface area (Å²) in [4.78, 5) is 16.6. The van der Waals surface area contributed by atoms with Crippen LogP contribution in [-0.2, 0) is 16.7 Å². The molecule has 0 aliphatic carbocycles. The standard InChI is InChI=1S/C19H27N5O2/c1-14(2)17-22-16(23-24-17)12-20-18(25)21-13-19(8-10-26-11-9-19)15-6-4-3-5-7-15/h3-7,14H,8-13H2,1-2H3,(H2,20,21,25)(H,22,23,24). The first-order valence-corrected chi connectivity index (χ1v) is 9.15. The van der Waals surface area contributed by atoms with Gasteiger partial charge in [0.1, 0.15) is 5.82 Å². The van der Waals surface area contributed by atoms with Crippen molar-refractivity contribution >= 4 is 6.03 Å². The van der Waals surface area contributed by atoms with E-state index in [2.05, 4.69) is 37.9 Å². The van der Waals surface area contributed by atoms with Gasteiger partial charge in [-0.25, -0.2) is 9.78 Å². The smallest absolute Gasteiger partial charge is 0.315 e. The first-order valence-electron chi connectivity index (χ1n) is 9.15. The van der Waals surface area contributed by atoms with E-state index in [0.29, 0.717) is 32.1 Å². The molecular weight excluding hydrogens is 330 g/mol. The molecule has 1 aromatic carbocycles. The third kappa shape index (κ3) is 4.40. The minimum Gasteiger partial charge on any atom is -0.381 e. The highest BCUT2D eigenvalue weighted by Crippen LogP contribution is 2.34. The Morgan fingerprint density at radius 2 is 1.96 bits per heavy atom. The lowest BCUT2D eigenvalue weighted by Crippen LogP contribution is -2.47. The number of aromatic nitrogens is 3. The van der Waals surface area contributed by atoms with E-state index < -0.39 is 0 Å². The van der Waals surface area contributed by atoms with Crippen molar-refractivity contribution in [3.63, 3.8) is 0 Å². The maximum Gasteiger partial charge on any atom is 0.315 e. The van der Waals surface area contributed by atoms with Crippen LogP contribution in [0.3, 0.4) is 0 Å². The Labute approximate surface area is 153 Å². The molecule has 0 bridgehead atoms. The molecule has 2 amide bonds. The zero-order valence-electron chi connectivity index (χ0n) is 15.4. The number of carbonyl (C=O) groups excluding carboxylic acids is 1. The second kappa shape index (κ2) is 8.31. The van der Waals surface area contributed by atoms with Crippen molar-refractivity contribution in [2.45, 2.75) is 44.6 Å². The maximum absolute atomic E-state index is 12.3. The quantitative estimate of drug-likeness (QED) is 0.740. The lowest BCUT2D eigenvalue weighted by molar-refractivity contribution is 0.0507. The highest BCUT2D eigenvalue weighted by Gasteiger charge is 2.34. The van der Waals surface area contributed by atoms with E-state index in [1.54, 1.807) is 0 Å². The summed E-state index contributed by atoms with van der Waals surface area (Å²) in [6.07, 6.45) is 1.80. The van der Waals surface area contributed by atoms with Crippen molar-refractivity contribution in [1.82, 2.24) is 25.8 Å². The van der Waals surface area contributed by atoms with Crippen molar-refractivity contribution in [3.05, 3.63) is 47.5 Å². The van der Waals surface area contributed by atoms with Gasteiger partial charge in [0.05, 0.1) is 6.54 Å². The number of benzene rings is 1. The van der Waals surface area contributed by atoms with E-state index >= 15 is 0 Å². The van der Waals surface area contributed by atoms with Gasteiger partial charge in [-0.15, -0.1) is 0 Å². The molecule has 1 aliphatic heterocycles. The molecule has 3 rings (SSSR count). The van der Waals surface area contributed by atoms with E-state index in [9.17, 15) is 4.79 Å². The third-order valence-corrected chi connectivity index (χ3v) is 4.91. The van der Waals surface area contributed by atoms with E-state index in [4.69, 9.17) is 4.74 Å².